The molecule has 7 nitrogen and oxygen atoms in total. The number of aromatic nitrogens is 2. The topological polar surface area (TPSA) is 87.2 Å². The molecule has 1 aliphatic heterocycles. The van der Waals surface area contributed by atoms with Crippen molar-refractivity contribution < 1.29 is 9.59 Å². The first-order valence-corrected chi connectivity index (χ1v) is 9.77. The van der Waals surface area contributed by atoms with Crippen molar-refractivity contribution in [2.75, 3.05) is 24.5 Å². The van der Waals surface area contributed by atoms with Gasteiger partial charge in [0.25, 0.3) is 0 Å². The van der Waals surface area contributed by atoms with Crippen LogP contribution in [0.1, 0.15) is 51.9 Å². The minimum Gasteiger partial charge on any atom is -0.354 e. The summed E-state index contributed by atoms with van der Waals surface area (Å²) in [7, 11) is 0. The Morgan fingerprint density at radius 2 is 1.92 bits per heavy atom. The Bertz CT molecular complexity index is 616. The number of hydrogen-bond donors (Lipinski definition) is 2. The molecule has 1 aromatic heterocycles. The highest BCUT2D eigenvalue weighted by molar-refractivity contribution is 5.92. The summed E-state index contributed by atoms with van der Waals surface area (Å²) in [6.07, 6.45) is 9.73. The molecular weight excluding hydrogens is 330 g/mol. The standard InChI is InChI=1S/C19H29N5O2/c1-2-20-17(26)19(9-4-3-5-10-19)23-16(25)15-8-6-13-24(14-15)18-21-11-7-12-22-18/h7,11-12,15H,2-6,8-10,13-14H2,1H3,(H,20,26)(H,23,25). The van der Waals surface area contributed by atoms with Gasteiger partial charge in [-0.15, -0.1) is 0 Å². The van der Waals surface area contributed by atoms with E-state index in [4.69, 9.17) is 0 Å². The first-order chi connectivity index (χ1) is 12.6. The highest BCUT2D eigenvalue weighted by atomic mass is 16.2. The highest BCUT2D eigenvalue weighted by Crippen LogP contribution is 2.30. The summed E-state index contributed by atoms with van der Waals surface area (Å²) in [6.45, 7) is 3.95. The number of carbonyl (C=O) groups excluding carboxylic acids is 2. The maximum Gasteiger partial charge on any atom is 0.245 e. The third-order valence-corrected chi connectivity index (χ3v) is 5.47. The smallest absolute Gasteiger partial charge is 0.245 e. The molecule has 7 heteroatoms. The SMILES string of the molecule is CCNC(=O)C1(NC(=O)C2CCCN(c3ncccn3)C2)CCCCC1. The molecule has 1 aromatic rings. The van der Waals surface area contributed by atoms with Gasteiger partial charge in [0, 0.05) is 32.0 Å². The molecule has 0 spiro atoms. The summed E-state index contributed by atoms with van der Waals surface area (Å²) in [5.41, 5.74) is -0.739. The second kappa shape index (κ2) is 8.47. The molecule has 0 bridgehead atoms. The molecule has 1 aliphatic carbocycles. The Balaban J connectivity index is 1.68. The fourth-order valence-electron chi connectivity index (χ4n) is 4.06. The molecule has 2 fully saturated rings. The van der Waals surface area contributed by atoms with Crippen LogP contribution in [0.5, 0.6) is 0 Å². The summed E-state index contributed by atoms with van der Waals surface area (Å²) in [5, 5.41) is 6.06. The van der Waals surface area contributed by atoms with E-state index in [9.17, 15) is 9.59 Å². The third-order valence-electron chi connectivity index (χ3n) is 5.47. The molecule has 0 aromatic carbocycles. The van der Waals surface area contributed by atoms with Gasteiger partial charge in [-0.3, -0.25) is 9.59 Å². The van der Waals surface area contributed by atoms with E-state index in [-0.39, 0.29) is 17.7 Å². The number of rotatable bonds is 5. The van der Waals surface area contributed by atoms with Crippen LogP contribution in [0.15, 0.2) is 18.5 Å². The second-order valence-electron chi connectivity index (χ2n) is 7.33. The van der Waals surface area contributed by atoms with Gasteiger partial charge in [-0.2, -0.15) is 0 Å². The summed E-state index contributed by atoms with van der Waals surface area (Å²) >= 11 is 0. The van der Waals surface area contributed by atoms with Crippen LogP contribution in [0.3, 0.4) is 0 Å². The lowest BCUT2D eigenvalue weighted by Gasteiger charge is -2.39. The van der Waals surface area contributed by atoms with Gasteiger partial charge < -0.3 is 15.5 Å². The number of hydrogen-bond acceptors (Lipinski definition) is 5. The normalized spacial score (nSPS) is 22.5. The van der Waals surface area contributed by atoms with E-state index < -0.39 is 5.54 Å². The van der Waals surface area contributed by atoms with Crippen LogP contribution in [-0.4, -0.2) is 47.0 Å². The van der Waals surface area contributed by atoms with Crippen molar-refractivity contribution in [3.63, 3.8) is 0 Å². The highest BCUT2D eigenvalue weighted by Gasteiger charge is 2.42. The molecule has 1 atom stereocenters. The van der Waals surface area contributed by atoms with Crippen molar-refractivity contribution in [3.8, 4) is 0 Å². The Kier molecular flexibility index (Phi) is 6.06. The molecule has 2 aliphatic rings. The van der Waals surface area contributed by atoms with Crippen molar-refractivity contribution in [1.82, 2.24) is 20.6 Å². The fourth-order valence-corrected chi connectivity index (χ4v) is 4.06. The van der Waals surface area contributed by atoms with Crippen LogP contribution < -0.4 is 15.5 Å². The maximum absolute atomic E-state index is 13.0. The Morgan fingerprint density at radius 1 is 1.19 bits per heavy atom. The lowest BCUT2D eigenvalue weighted by Crippen LogP contribution is -2.61. The number of piperidine rings is 1. The average molecular weight is 359 g/mol. The minimum atomic E-state index is -0.739. The molecule has 1 saturated carbocycles. The zero-order valence-electron chi connectivity index (χ0n) is 15.5. The van der Waals surface area contributed by atoms with Gasteiger partial charge in [-0.25, -0.2) is 9.97 Å². The number of likely N-dealkylation sites (N-methyl/N-ethyl adjacent to an activating group) is 1. The first-order valence-electron chi connectivity index (χ1n) is 9.77. The summed E-state index contributed by atoms with van der Waals surface area (Å²) in [4.78, 5) is 36.3. The summed E-state index contributed by atoms with van der Waals surface area (Å²) in [5.74, 6) is 0.479. The number of carbonyl (C=O) groups is 2. The van der Waals surface area contributed by atoms with E-state index in [1.807, 2.05) is 6.92 Å². The van der Waals surface area contributed by atoms with Gasteiger partial charge in [0.2, 0.25) is 17.8 Å². The molecule has 2 heterocycles. The van der Waals surface area contributed by atoms with Crippen molar-refractivity contribution in [2.45, 2.75) is 57.4 Å². The molecule has 2 amide bonds. The number of amides is 2. The van der Waals surface area contributed by atoms with Gasteiger partial charge >= 0.3 is 0 Å². The zero-order chi connectivity index (χ0) is 18.4. The van der Waals surface area contributed by atoms with E-state index in [0.29, 0.717) is 19.0 Å². The number of anilines is 1. The largest absolute Gasteiger partial charge is 0.354 e. The van der Waals surface area contributed by atoms with Crippen LogP contribution in [0.4, 0.5) is 5.95 Å². The van der Waals surface area contributed by atoms with Crippen LogP contribution in [0.2, 0.25) is 0 Å². The first kappa shape index (κ1) is 18.6. The lowest BCUT2D eigenvalue weighted by atomic mass is 9.80. The Labute approximate surface area is 155 Å². The van der Waals surface area contributed by atoms with Crippen molar-refractivity contribution in [1.29, 1.82) is 0 Å². The maximum atomic E-state index is 13.0. The monoisotopic (exact) mass is 359 g/mol. The molecule has 26 heavy (non-hydrogen) atoms. The molecule has 3 rings (SSSR count). The van der Waals surface area contributed by atoms with Gasteiger partial charge in [0.1, 0.15) is 5.54 Å². The molecule has 142 valence electrons. The zero-order valence-corrected chi connectivity index (χ0v) is 15.5. The van der Waals surface area contributed by atoms with E-state index in [1.54, 1.807) is 18.5 Å². The number of nitrogens with zero attached hydrogens (tertiary/aromatic N) is 3. The molecule has 2 N–H and O–H groups in total. The Morgan fingerprint density at radius 3 is 2.62 bits per heavy atom. The van der Waals surface area contributed by atoms with Crippen LogP contribution in [0, 0.1) is 5.92 Å². The van der Waals surface area contributed by atoms with E-state index in [2.05, 4.69) is 25.5 Å². The van der Waals surface area contributed by atoms with Crippen LogP contribution in [0.25, 0.3) is 0 Å². The van der Waals surface area contributed by atoms with Crippen molar-refractivity contribution >= 4 is 17.8 Å². The molecule has 1 saturated heterocycles. The van der Waals surface area contributed by atoms with Gasteiger partial charge in [-0.1, -0.05) is 19.3 Å². The molecular formula is C19H29N5O2. The fraction of sp³-hybridized carbons (Fsp3) is 0.684. The van der Waals surface area contributed by atoms with Crippen LogP contribution in [-0.2, 0) is 9.59 Å². The third kappa shape index (κ3) is 4.14. The van der Waals surface area contributed by atoms with E-state index in [0.717, 1.165) is 51.5 Å². The quantitative estimate of drug-likeness (QED) is 0.835. The Hall–Kier alpha value is -2.18. The van der Waals surface area contributed by atoms with E-state index >= 15 is 0 Å². The average Bonchev–Trinajstić information content (AvgIpc) is 2.69. The molecule has 0 radical (unpaired) electrons. The predicted molar refractivity (Wildman–Crippen MR) is 99.6 cm³/mol. The van der Waals surface area contributed by atoms with E-state index in [1.165, 1.54) is 0 Å². The predicted octanol–water partition coefficient (Wildman–Crippen LogP) is 1.65. The minimum absolute atomic E-state index is 0.0150. The van der Waals surface area contributed by atoms with Gasteiger partial charge in [-0.05, 0) is 38.7 Å². The van der Waals surface area contributed by atoms with Crippen molar-refractivity contribution in [2.24, 2.45) is 5.92 Å². The summed E-state index contributed by atoms with van der Waals surface area (Å²) < 4.78 is 0. The molecule has 1 unspecified atom stereocenters. The number of nitrogens with one attached hydrogen (secondary N) is 2. The van der Waals surface area contributed by atoms with Crippen molar-refractivity contribution in [3.05, 3.63) is 18.5 Å². The second-order valence-corrected chi connectivity index (χ2v) is 7.33. The van der Waals surface area contributed by atoms with Crippen LogP contribution >= 0.6 is 0 Å². The van der Waals surface area contributed by atoms with Gasteiger partial charge in [0.15, 0.2) is 0 Å². The van der Waals surface area contributed by atoms with Gasteiger partial charge in [0.05, 0.1) is 5.92 Å². The lowest BCUT2D eigenvalue weighted by molar-refractivity contribution is -0.137. The summed E-state index contributed by atoms with van der Waals surface area (Å²) in [6, 6.07) is 1.79.